The highest BCUT2D eigenvalue weighted by Gasteiger charge is 2.21. The van der Waals surface area contributed by atoms with Gasteiger partial charge in [-0.15, -0.1) is 0 Å². The number of carboxylic acid groups (broad SMARTS) is 1. The van der Waals surface area contributed by atoms with Crippen LogP contribution in [0.1, 0.15) is 20.8 Å². The van der Waals surface area contributed by atoms with Gasteiger partial charge >= 0.3 is 5.97 Å². The minimum Gasteiger partial charge on any atom is -0.480 e. The fraction of sp³-hybridized carbons (Fsp3) is 0.625. The summed E-state index contributed by atoms with van der Waals surface area (Å²) in [6, 6.07) is -0.846. The van der Waals surface area contributed by atoms with Gasteiger partial charge in [0.15, 0.2) is 0 Å². The Hall–Kier alpha value is -1.39. The van der Waals surface area contributed by atoms with E-state index in [9.17, 15) is 4.79 Å². The van der Waals surface area contributed by atoms with Crippen LogP contribution in [0.4, 0.5) is 0 Å². The van der Waals surface area contributed by atoms with Crippen molar-refractivity contribution < 1.29 is 9.90 Å². The third-order valence-electron chi connectivity index (χ3n) is 1.71. The van der Waals surface area contributed by atoms with Crippen LogP contribution < -0.4 is 5.73 Å². The van der Waals surface area contributed by atoms with Crippen LogP contribution in [0.3, 0.4) is 0 Å². The summed E-state index contributed by atoms with van der Waals surface area (Å²) in [5.41, 5.74) is 4.85. The van der Waals surface area contributed by atoms with E-state index in [1.807, 2.05) is 0 Å². The maximum atomic E-state index is 10.4. The van der Waals surface area contributed by atoms with E-state index in [0.29, 0.717) is 0 Å². The van der Waals surface area contributed by atoms with Crippen LogP contribution in [-0.2, 0) is 4.79 Å². The number of hydrogen-bond acceptors (Lipinski definition) is 3. The summed E-state index contributed by atoms with van der Waals surface area (Å²) in [4.78, 5) is 18.0. The van der Waals surface area contributed by atoms with Crippen molar-refractivity contribution in [1.82, 2.24) is 0 Å². The molecule has 0 aliphatic rings. The lowest BCUT2D eigenvalue weighted by atomic mass is 10.1. The highest BCUT2D eigenvalue weighted by molar-refractivity contribution is 5.91. The van der Waals surface area contributed by atoms with Gasteiger partial charge in [0.1, 0.15) is 17.4 Å². The van der Waals surface area contributed by atoms with Gasteiger partial charge < -0.3 is 10.8 Å². The highest BCUT2D eigenvalue weighted by Crippen LogP contribution is 2.08. The molecule has 0 saturated carbocycles. The molecule has 0 fully saturated rings. The molecular formula is C8H15N3O2. The first-order valence-corrected chi connectivity index (χ1v) is 3.85. The second-order valence-corrected chi connectivity index (χ2v) is 3.25. The minimum absolute atomic E-state index is 0.178. The van der Waals surface area contributed by atoms with Crippen molar-refractivity contribution in [2.75, 3.05) is 0 Å². The SMILES string of the molecule is C=NC(C)(C)C(N)=NC(C)C(=O)O. The third-order valence-corrected chi connectivity index (χ3v) is 1.71. The van der Waals surface area contributed by atoms with Crippen molar-refractivity contribution in [2.24, 2.45) is 15.7 Å². The number of nitrogens with zero attached hydrogens (tertiary/aromatic N) is 2. The van der Waals surface area contributed by atoms with E-state index in [2.05, 4.69) is 16.7 Å². The van der Waals surface area contributed by atoms with Crippen molar-refractivity contribution in [3.8, 4) is 0 Å². The van der Waals surface area contributed by atoms with Crippen LogP contribution in [0.5, 0.6) is 0 Å². The molecule has 0 aromatic heterocycles. The summed E-state index contributed by atoms with van der Waals surface area (Å²) >= 11 is 0. The molecule has 13 heavy (non-hydrogen) atoms. The Bertz CT molecular complexity index is 246. The van der Waals surface area contributed by atoms with Gasteiger partial charge in [-0.05, 0) is 27.5 Å². The smallest absolute Gasteiger partial charge is 0.328 e. The predicted molar refractivity (Wildman–Crippen MR) is 52.3 cm³/mol. The van der Waals surface area contributed by atoms with Gasteiger partial charge in [0.25, 0.3) is 0 Å². The van der Waals surface area contributed by atoms with Gasteiger partial charge in [-0.3, -0.25) is 9.98 Å². The number of carbonyl (C=O) groups is 1. The van der Waals surface area contributed by atoms with Crippen LogP contribution >= 0.6 is 0 Å². The van der Waals surface area contributed by atoms with E-state index in [0.717, 1.165) is 0 Å². The average Bonchev–Trinajstić information content (AvgIpc) is 2.04. The Morgan fingerprint density at radius 2 is 2.08 bits per heavy atom. The molecule has 0 aromatic carbocycles. The third kappa shape index (κ3) is 3.23. The first-order chi connectivity index (χ1) is 5.81. The molecule has 5 heteroatoms. The van der Waals surface area contributed by atoms with Crippen molar-refractivity contribution in [3.05, 3.63) is 0 Å². The van der Waals surface area contributed by atoms with E-state index in [1.54, 1.807) is 13.8 Å². The van der Waals surface area contributed by atoms with Crippen LogP contribution in [0.2, 0.25) is 0 Å². The zero-order chi connectivity index (χ0) is 10.6. The molecule has 0 rings (SSSR count). The second kappa shape index (κ2) is 4.02. The molecule has 0 radical (unpaired) electrons. The van der Waals surface area contributed by atoms with Gasteiger partial charge in [0, 0.05) is 0 Å². The fourth-order valence-electron chi connectivity index (χ4n) is 0.503. The van der Waals surface area contributed by atoms with Crippen molar-refractivity contribution in [2.45, 2.75) is 32.4 Å². The quantitative estimate of drug-likeness (QED) is 0.487. The van der Waals surface area contributed by atoms with Gasteiger partial charge in [-0.2, -0.15) is 0 Å². The molecule has 1 atom stereocenters. The molecule has 0 aliphatic carbocycles. The molecule has 0 aromatic rings. The minimum atomic E-state index is -1.01. The normalized spacial score (nSPS) is 15.2. The summed E-state index contributed by atoms with van der Waals surface area (Å²) in [5, 5.41) is 8.56. The molecule has 5 nitrogen and oxygen atoms in total. The average molecular weight is 185 g/mol. The first-order valence-electron chi connectivity index (χ1n) is 3.85. The van der Waals surface area contributed by atoms with Crippen LogP contribution in [0.15, 0.2) is 9.98 Å². The lowest BCUT2D eigenvalue weighted by Gasteiger charge is -2.18. The summed E-state index contributed by atoms with van der Waals surface area (Å²) < 4.78 is 0. The molecule has 74 valence electrons. The van der Waals surface area contributed by atoms with Crippen molar-refractivity contribution in [1.29, 1.82) is 0 Å². The molecule has 0 saturated heterocycles. The lowest BCUT2D eigenvalue weighted by molar-refractivity contribution is -0.137. The van der Waals surface area contributed by atoms with E-state index in [4.69, 9.17) is 10.8 Å². The Morgan fingerprint density at radius 3 is 2.38 bits per heavy atom. The zero-order valence-electron chi connectivity index (χ0n) is 8.11. The molecule has 3 N–H and O–H groups in total. The van der Waals surface area contributed by atoms with E-state index in [-0.39, 0.29) is 5.84 Å². The van der Waals surface area contributed by atoms with Gasteiger partial charge in [0.2, 0.25) is 0 Å². The molecule has 0 aliphatic heterocycles. The zero-order valence-corrected chi connectivity index (χ0v) is 8.11. The standard InChI is InChI=1S/C8H15N3O2/c1-5(6(12)13)11-7(9)8(2,3)10-4/h5H,4H2,1-3H3,(H2,9,11)(H,12,13). The van der Waals surface area contributed by atoms with Crippen LogP contribution in [-0.4, -0.2) is 35.2 Å². The molecular weight excluding hydrogens is 170 g/mol. The molecule has 0 bridgehead atoms. The predicted octanol–water partition coefficient (Wildman–Crippen LogP) is 0.296. The first kappa shape index (κ1) is 11.6. The topological polar surface area (TPSA) is 88.0 Å². The highest BCUT2D eigenvalue weighted by atomic mass is 16.4. The summed E-state index contributed by atoms with van der Waals surface area (Å²) in [5.74, 6) is -0.833. The second-order valence-electron chi connectivity index (χ2n) is 3.25. The Morgan fingerprint density at radius 1 is 1.62 bits per heavy atom. The Kier molecular flexibility index (Phi) is 3.59. The molecule has 0 heterocycles. The number of carboxylic acids is 1. The number of amidine groups is 1. The monoisotopic (exact) mass is 185 g/mol. The summed E-state index contributed by atoms with van der Waals surface area (Å²) in [6.45, 7) is 8.23. The van der Waals surface area contributed by atoms with Crippen LogP contribution in [0, 0.1) is 0 Å². The maximum absolute atomic E-state index is 10.4. The number of hydrogen-bond donors (Lipinski definition) is 2. The molecule has 0 spiro atoms. The Balaban J connectivity index is 4.67. The Labute approximate surface area is 77.4 Å². The van der Waals surface area contributed by atoms with E-state index >= 15 is 0 Å². The molecule has 1 unspecified atom stereocenters. The maximum Gasteiger partial charge on any atom is 0.328 e. The van der Waals surface area contributed by atoms with Gasteiger partial charge in [-0.1, -0.05) is 0 Å². The number of aliphatic imine (C=N–C) groups is 2. The number of rotatable bonds is 4. The number of nitrogens with two attached hydrogens (primary N) is 1. The van der Waals surface area contributed by atoms with Gasteiger partial charge in [0.05, 0.1) is 0 Å². The fourth-order valence-corrected chi connectivity index (χ4v) is 0.503. The van der Waals surface area contributed by atoms with Crippen molar-refractivity contribution >= 4 is 18.5 Å². The van der Waals surface area contributed by atoms with E-state index in [1.165, 1.54) is 6.92 Å². The molecule has 0 amide bonds. The summed E-state index contributed by atoms with van der Waals surface area (Å²) in [7, 11) is 0. The van der Waals surface area contributed by atoms with E-state index < -0.39 is 17.6 Å². The number of aliphatic carboxylic acids is 1. The van der Waals surface area contributed by atoms with Gasteiger partial charge in [-0.25, -0.2) is 4.79 Å². The largest absolute Gasteiger partial charge is 0.480 e. The van der Waals surface area contributed by atoms with Crippen LogP contribution in [0.25, 0.3) is 0 Å². The van der Waals surface area contributed by atoms with Crippen molar-refractivity contribution in [3.63, 3.8) is 0 Å². The lowest BCUT2D eigenvalue weighted by Crippen LogP contribution is -2.38. The summed E-state index contributed by atoms with van der Waals surface area (Å²) in [6.07, 6.45) is 0.